The molecule has 1 heterocycles. The topological polar surface area (TPSA) is 38.0 Å². The van der Waals surface area contributed by atoms with Gasteiger partial charge in [0.25, 0.3) is 0 Å². The molecule has 3 N–H and O–H groups in total. The first-order chi connectivity index (χ1) is 7.17. The van der Waals surface area contributed by atoms with Gasteiger partial charge in [0.15, 0.2) is 0 Å². The fraction of sp³-hybridized carbons (Fsp3) is 0.636. The number of hydrogen-bond acceptors (Lipinski definition) is 4. The first-order valence-corrected chi connectivity index (χ1v) is 7.23. The minimum absolute atomic E-state index is 0.286. The molecule has 1 aromatic rings. The maximum absolute atomic E-state index is 5.58. The number of nitrogens with two attached hydrogens (primary N) is 1. The maximum atomic E-state index is 5.58. The second kappa shape index (κ2) is 6.53. The largest absolute Gasteiger partial charge is 0.271 e. The van der Waals surface area contributed by atoms with Gasteiger partial charge in [-0.1, -0.05) is 13.8 Å². The van der Waals surface area contributed by atoms with E-state index in [2.05, 4.69) is 37.6 Å². The number of thioether (sulfide) groups is 1. The molecule has 0 aliphatic carbocycles. The molecule has 2 atom stereocenters. The fourth-order valence-electron chi connectivity index (χ4n) is 1.27. The van der Waals surface area contributed by atoms with Crippen molar-refractivity contribution in [3.05, 3.63) is 21.9 Å². The summed E-state index contributed by atoms with van der Waals surface area (Å²) in [5.74, 6) is 6.63. The van der Waals surface area contributed by atoms with Crippen LogP contribution in [0.15, 0.2) is 11.4 Å². The first-order valence-electron chi connectivity index (χ1n) is 5.30. The van der Waals surface area contributed by atoms with Gasteiger partial charge in [0.1, 0.15) is 0 Å². The van der Waals surface area contributed by atoms with Crippen LogP contribution in [0.2, 0.25) is 0 Å². The molecule has 0 aliphatic rings. The van der Waals surface area contributed by atoms with Crippen LogP contribution in [0.3, 0.4) is 0 Å². The molecule has 1 aromatic heterocycles. The Labute approximate surface area is 101 Å². The predicted molar refractivity (Wildman–Crippen MR) is 71.3 cm³/mol. The summed E-state index contributed by atoms with van der Waals surface area (Å²) in [6.45, 7) is 6.61. The Kier molecular flexibility index (Phi) is 5.68. The Balaban J connectivity index is 2.49. The van der Waals surface area contributed by atoms with E-state index in [4.69, 9.17) is 5.84 Å². The van der Waals surface area contributed by atoms with Crippen molar-refractivity contribution in [2.75, 3.05) is 5.75 Å². The van der Waals surface area contributed by atoms with Gasteiger partial charge >= 0.3 is 0 Å². The number of rotatable bonds is 6. The summed E-state index contributed by atoms with van der Waals surface area (Å²) in [7, 11) is 0. The van der Waals surface area contributed by atoms with Crippen LogP contribution in [0.1, 0.15) is 36.8 Å². The van der Waals surface area contributed by atoms with Crippen LogP contribution in [0, 0.1) is 6.92 Å². The molecular formula is C11H20N2S2. The highest BCUT2D eigenvalue weighted by Gasteiger charge is 2.12. The number of nitrogens with one attached hydrogen (secondary N) is 1. The van der Waals surface area contributed by atoms with Crippen molar-refractivity contribution < 1.29 is 0 Å². The highest BCUT2D eigenvalue weighted by molar-refractivity contribution is 7.99. The third kappa shape index (κ3) is 4.15. The van der Waals surface area contributed by atoms with E-state index in [-0.39, 0.29) is 6.04 Å². The lowest BCUT2D eigenvalue weighted by atomic mass is 10.2. The van der Waals surface area contributed by atoms with Gasteiger partial charge in [-0.05, 0) is 30.4 Å². The second-order valence-corrected chi connectivity index (χ2v) is 6.35. The summed E-state index contributed by atoms with van der Waals surface area (Å²) in [4.78, 5) is 1.35. The molecule has 2 nitrogen and oxygen atoms in total. The molecule has 86 valence electrons. The Morgan fingerprint density at radius 1 is 1.60 bits per heavy atom. The highest BCUT2D eigenvalue weighted by Crippen LogP contribution is 2.25. The highest BCUT2D eigenvalue weighted by atomic mass is 32.2. The molecule has 4 heteroatoms. The summed E-state index contributed by atoms with van der Waals surface area (Å²) < 4.78 is 0. The zero-order valence-corrected chi connectivity index (χ0v) is 11.3. The van der Waals surface area contributed by atoms with Gasteiger partial charge in [0.05, 0.1) is 6.04 Å². The second-order valence-electron chi connectivity index (χ2n) is 3.76. The van der Waals surface area contributed by atoms with Gasteiger partial charge in [0, 0.05) is 15.9 Å². The van der Waals surface area contributed by atoms with Crippen molar-refractivity contribution >= 4 is 23.1 Å². The summed E-state index contributed by atoms with van der Waals surface area (Å²) in [6.07, 6.45) is 1.21. The van der Waals surface area contributed by atoms with Crippen LogP contribution in [0.4, 0.5) is 0 Å². The summed E-state index contributed by atoms with van der Waals surface area (Å²) in [6, 6.07) is 2.50. The molecule has 0 amide bonds. The average molecular weight is 244 g/mol. The molecule has 0 radical (unpaired) electrons. The van der Waals surface area contributed by atoms with Crippen LogP contribution < -0.4 is 11.3 Å². The van der Waals surface area contributed by atoms with Gasteiger partial charge in [-0.15, -0.1) is 11.3 Å². The van der Waals surface area contributed by atoms with Crippen molar-refractivity contribution in [3.8, 4) is 0 Å². The monoisotopic (exact) mass is 244 g/mol. The van der Waals surface area contributed by atoms with Crippen molar-refractivity contribution in [2.45, 2.75) is 38.5 Å². The Hall–Kier alpha value is -0.0300. The van der Waals surface area contributed by atoms with E-state index in [0.717, 1.165) is 5.75 Å². The lowest BCUT2D eigenvalue weighted by molar-refractivity contribution is 0.611. The van der Waals surface area contributed by atoms with Crippen LogP contribution >= 0.6 is 23.1 Å². The third-order valence-corrected chi connectivity index (χ3v) is 4.78. The van der Waals surface area contributed by atoms with Crippen molar-refractivity contribution in [3.63, 3.8) is 0 Å². The van der Waals surface area contributed by atoms with Gasteiger partial charge in [-0.25, -0.2) is 0 Å². The van der Waals surface area contributed by atoms with Crippen LogP contribution in [0.25, 0.3) is 0 Å². The summed E-state index contributed by atoms with van der Waals surface area (Å²) in [5, 5.41) is 2.90. The maximum Gasteiger partial charge on any atom is 0.0558 e. The van der Waals surface area contributed by atoms with Gasteiger partial charge in [0.2, 0.25) is 0 Å². The van der Waals surface area contributed by atoms with Crippen LogP contribution in [0.5, 0.6) is 0 Å². The molecule has 1 rings (SSSR count). The Morgan fingerprint density at radius 3 is 2.80 bits per heavy atom. The van der Waals surface area contributed by atoms with Crippen molar-refractivity contribution in [1.82, 2.24) is 5.43 Å². The lowest BCUT2D eigenvalue weighted by Gasteiger charge is -2.16. The zero-order valence-electron chi connectivity index (χ0n) is 9.62. The molecule has 15 heavy (non-hydrogen) atoms. The van der Waals surface area contributed by atoms with Crippen molar-refractivity contribution in [1.29, 1.82) is 0 Å². The zero-order chi connectivity index (χ0) is 11.3. The lowest BCUT2D eigenvalue weighted by Crippen LogP contribution is -2.29. The number of hydrazine groups is 1. The van der Waals surface area contributed by atoms with E-state index < -0.39 is 0 Å². The van der Waals surface area contributed by atoms with E-state index in [1.807, 2.05) is 11.8 Å². The Bertz CT molecular complexity index is 286. The van der Waals surface area contributed by atoms with Crippen LogP contribution in [-0.4, -0.2) is 11.0 Å². The van der Waals surface area contributed by atoms with E-state index in [0.29, 0.717) is 5.25 Å². The van der Waals surface area contributed by atoms with E-state index in [1.54, 1.807) is 11.3 Å². The van der Waals surface area contributed by atoms with Gasteiger partial charge in [-0.3, -0.25) is 11.3 Å². The molecule has 0 saturated heterocycles. The average Bonchev–Trinajstić information content (AvgIpc) is 2.65. The van der Waals surface area contributed by atoms with E-state index in [1.165, 1.54) is 16.9 Å². The third-order valence-electron chi connectivity index (χ3n) is 2.48. The number of aryl methyl sites for hydroxylation is 1. The molecular weight excluding hydrogens is 224 g/mol. The minimum Gasteiger partial charge on any atom is -0.271 e. The smallest absolute Gasteiger partial charge is 0.0558 e. The van der Waals surface area contributed by atoms with Crippen LogP contribution in [-0.2, 0) is 0 Å². The first kappa shape index (κ1) is 13.0. The molecule has 0 saturated carbocycles. The quantitative estimate of drug-likeness (QED) is 0.596. The molecule has 0 fully saturated rings. The standard InChI is InChI=1S/C11H20N2S2/c1-4-8(2)15-7-11(13-12)10-5-9(3)14-6-10/h5-6,8,11,13H,4,7,12H2,1-3H3. The molecule has 0 aliphatic heterocycles. The molecule has 0 aromatic carbocycles. The van der Waals surface area contributed by atoms with Crippen molar-refractivity contribution in [2.24, 2.45) is 5.84 Å². The molecule has 0 spiro atoms. The summed E-state index contributed by atoms with van der Waals surface area (Å²) >= 11 is 3.76. The normalized spacial score (nSPS) is 15.2. The molecule has 2 unspecified atom stereocenters. The summed E-state index contributed by atoms with van der Waals surface area (Å²) in [5.41, 5.74) is 4.21. The van der Waals surface area contributed by atoms with Gasteiger partial charge in [-0.2, -0.15) is 11.8 Å². The fourth-order valence-corrected chi connectivity index (χ4v) is 3.07. The van der Waals surface area contributed by atoms with Gasteiger partial charge < -0.3 is 0 Å². The SMILES string of the molecule is CCC(C)SCC(NN)c1csc(C)c1. The minimum atomic E-state index is 0.286. The predicted octanol–water partition coefficient (Wildman–Crippen LogP) is 3.09. The van der Waals surface area contributed by atoms with E-state index >= 15 is 0 Å². The molecule has 0 bridgehead atoms. The van der Waals surface area contributed by atoms with E-state index in [9.17, 15) is 0 Å². The Morgan fingerprint density at radius 2 is 2.33 bits per heavy atom. The number of hydrogen-bond donors (Lipinski definition) is 2. The number of thiophene rings is 1.